The number of benzene rings is 1. The van der Waals surface area contributed by atoms with Gasteiger partial charge in [-0.2, -0.15) is 11.8 Å². The molecule has 0 unspecified atom stereocenters. The molecule has 1 aromatic carbocycles. The molecule has 1 aliphatic rings. The Kier molecular flexibility index (Phi) is 6.33. The first-order valence-corrected chi connectivity index (χ1v) is 8.58. The van der Waals surface area contributed by atoms with Gasteiger partial charge in [-0.25, -0.2) is 4.39 Å². The maximum atomic E-state index is 13.9. The van der Waals surface area contributed by atoms with Crippen LogP contribution in [0.4, 0.5) is 4.39 Å². The molecule has 2 nitrogen and oxygen atoms in total. The van der Waals surface area contributed by atoms with Crippen LogP contribution in [-0.2, 0) is 13.1 Å². The van der Waals surface area contributed by atoms with Crippen LogP contribution < -0.4 is 5.32 Å². The van der Waals surface area contributed by atoms with Gasteiger partial charge in [0.15, 0.2) is 0 Å². The van der Waals surface area contributed by atoms with Crippen LogP contribution in [-0.4, -0.2) is 36.0 Å². The molecule has 1 saturated heterocycles. The SMILES string of the molecule is CC(C)CNCc1ccc(F)c(CN2CCSCC2)c1. The van der Waals surface area contributed by atoms with Crippen molar-refractivity contribution in [2.45, 2.75) is 26.9 Å². The quantitative estimate of drug-likeness (QED) is 0.868. The Hall–Kier alpha value is -0.580. The van der Waals surface area contributed by atoms with Gasteiger partial charge in [0, 0.05) is 43.2 Å². The summed E-state index contributed by atoms with van der Waals surface area (Å²) >= 11 is 1.98. The third-order valence-corrected chi connectivity index (χ3v) is 4.43. The minimum atomic E-state index is -0.0733. The monoisotopic (exact) mass is 296 g/mol. The fourth-order valence-electron chi connectivity index (χ4n) is 2.36. The van der Waals surface area contributed by atoms with Crippen LogP contribution in [0.1, 0.15) is 25.0 Å². The van der Waals surface area contributed by atoms with Crippen molar-refractivity contribution >= 4 is 11.8 Å². The van der Waals surface area contributed by atoms with Gasteiger partial charge in [0.1, 0.15) is 5.82 Å². The van der Waals surface area contributed by atoms with Crippen molar-refractivity contribution in [3.8, 4) is 0 Å². The van der Waals surface area contributed by atoms with Gasteiger partial charge in [-0.3, -0.25) is 4.90 Å². The second-order valence-corrected chi connectivity index (χ2v) is 7.06. The molecule has 1 heterocycles. The summed E-state index contributed by atoms with van der Waals surface area (Å²) in [5, 5.41) is 3.41. The molecule has 0 spiro atoms. The molecule has 112 valence electrons. The summed E-state index contributed by atoms with van der Waals surface area (Å²) in [6.45, 7) is 9.08. The molecular weight excluding hydrogens is 271 g/mol. The standard InChI is InChI=1S/C16H25FN2S/c1-13(2)10-18-11-14-3-4-16(17)15(9-14)12-19-5-7-20-8-6-19/h3-4,9,13,18H,5-8,10-12H2,1-2H3. The first-order valence-electron chi connectivity index (χ1n) is 7.43. The van der Waals surface area contributed by atoms with E-state index in [0.717, 1.165) is 49.8 Å². The Bertz CT molecular complexity index is 417. The minimum Gasteiger partial charge on any atom is -0.312 e. The van der Waals surface area contributed by atoms with E-state index in [-0.39, 0.29) is 5.82 Å². The first kappa shape index (κ1) is 15.8. The number of nitrogens with zero attached hydrogens (tertiary/aromatic N) is 1. The van der Waals surface area contributed by atoms with Gasteiger partial charge in [-0.15, -0.1) is 0 Å². The lowest BCUT2D eigenvalue weighted by molar-refractivity contribution is 0.290. The highest BCUT2D eigenvalue weighted by atomic mass is 32.2. The van der Waals surface area contributed by atoms with Crippen molar-refractivity contribution in [1.29, 1.82) is 0 Å². The highest BCUT2D eigenvalue weighted by Crippen LogP contribution is 2.16. The van der Waals surface area contributed by atoms with Crippen LogP contribution in [0.5, 0.6) is 0 Å². The number of nitrogens with one attached hydrogen (secondary N) is 1. The highest BCUT2D eigenvalue weighted by molar-refractivity contribution is 7.99. The number of thioether (sulfide) groups is 1. The number of hydrogen-bond acceptors (Lipinski definition) is 3. The topological polar surface area (TPSA) is 15.3 Å². The van der Waals surface area contributed by atoms with Crippen molar-refractivity contribution in [3.05, 3.63) is 35.1 Å². The smallest absolute Gasteiger partial charge is 0.127 e. The molecule has 20 heavy (non-hydrogen) atoms. The zero-order valence-electron chi connectivity index (χ0n) is 12.5. The Labute approximate surface area is 126 Å². The third kappa shape index (κ3) is 5.08. The minimum absolute atomic E-state index is 0.0733. The Morgan fingerprint density at radius 2 is 2.05 bits per heavy atom. The van der Waals surface area contributed by atoms with Crippen LogP contribution in [0.15, 0.2) is 18.2 Å². The number of halogens is 1. The molecular formula is C16H25FN2S. The molecule has 0 radical (unpaired) electrons. The van der Waals surface area contributed by atoms with Gasteiger partial charge in [-0.05, 0) is 24.1 Å². The lowest BCUT2D eigenvalue weighted by Crippen LogP contribution is -2.32. The zero-order valence-corrected chi connectivity index (χ0v) is 13.3. The summed E-state index contributed by atoms with van der Waals surface area (Å²) in [5.74, 6) is 2.89. The van der Waals surface area contributed by atoms with E-state index in [1.807, 2.05) is 23.9 Å². The van der Waals surface area contributed by atoms with Crippen molar-refractivity contribution in [3.63, 3.8) is 0 Å². The molecule has 1 fully saturated rings. The van der Waals surface area contributed by atoms with Crippen LogP contribution in [0.2, 0.25) is 0 Å². The molecule has 0 aromatic heterocycles. The van der Waals surface area contributed by atoms with Gasteiger partial charge in [0.05, 0.1) is 0 Å². The molecule has 2 rings (SSSR count). The molecule has 0 bridgehead atoms. The molecule has 4 heteroatoms. The molecule has 1 N–H and O–H groups in total. The predicted octanol–water partition coefficient (Wildman–Crippen LogP) is 3.12. The van der Waals surface area contributed by atoms with Crippen LogP contribution in [0, 0.1) is 11.7 Å². The molecule has 1 aliphatic heterocycles. The van der Waals surface area contributed by atoms with Gasteiger partial charge >= 0.3 is 0 Å². The molecule has 0 amide bonds. The van der Waals surface area contributed by atoms with E-state index in [9.17, 15) is 4.39 Å². The summed E-state index contributed by atoms with van der Waals surface area (Å²) in [4.78, 5) is 2.35. The lowest BCUT2D eigenvalue weighted by Gasteiger charge is -2.26. The maximum absolute atomic E-state index is 13.9. The Morgan fingerprint density at radius 1 is 1.30 bits per heavy atom. The largest absolute Gasteiger partial charge is 0.312 e. The average molecular weight is 296 g/mol. The van der Waals surface area contributed by atoms with Crippen molar-refractivity contribution in [2.75, 3.05) is 31.1 Å². The van der Waals surface area contributed by atoms with E-state index in [2.05, 4.69) is 24.1 Å². The van der Waals surface area contributed by atoms with E-state index in [4.69, 9.17) is 0 Å². The summed E-state index contributed by atoms with van der Waals surface area (Å²) in [6, 6.07) is 5.52. The molecule has 0 saturated carbocycles. The predicted molar refractivity (Wildman–Crippen MR) is 85.5 cm³/mol. The fourth-order valence-corrected chi connectivity index (χ4v) is 3.34. The third-order valence-electron chi connectivity index (χ3n) is 3.49. The molecule has 0 aliphatic carbocycles. The maximum Gasteiger partial charge on any atom is 0.127 e. The van der Waals surface area contributed by atoms with E-state index in [1.165, 1.54) is 5.56 Å². The van der Waals surface area contributed by atoms with E-state index in [0.29, 0.717) is 5.92 Å². The fraction of sp³-hybridized carbons (Fsp3) is 0.625. The number of rotatable bonds is 6. The average Bonchev–Trinajstić information content (AvgIpc) is 2.43. The highest BCUT2D eigenvalue weighted by Gasteiger charge is 2.13. The van der Waals surface area contributed by atoms with E-state index < -0.39 is 0 Å². The summed E-state index contributed by atoms with van der Waals surface area (Å²) < 4.78 is 13.9. The van der Waals surface area contributed by atoms with Crippen molar-refractivity contribution in [1.82, 2.24) is 10.2 Å². The Morgan fingerprint density at radius 3 is 2.75 bits per heavy atom. The number of hydrogen-bond donors (Lipinski definition) is 1. The first-order chi connectivity index (χ1) is 9.65. The van der Waals surface area contributed by atoms with E-state index in [1.54, 1.807) is 6.07 Å². The lowest BCUT2D eigenvalue weighted by atomic mass is 10.1. The summed E-state index contributed by atoms with van der Waals surface area (Å²) in [6.07, 6.45) is 0. The van der Waals surface area contributed by atoms with Crippen LogP contribution in [0.3, 0.4) is 0 Å². The Balaban J connectivity index is 1.93. The van der Waals surface area contributed by atoms with E-state index >= 15 is 0 Å². The normalized spacial score (nSPS) is 16.8. The molecule has 1 aromatic rings. The molecule has 0 atom stereocenters. The van der Waals surface area contributed by atoms with Gasteiger partial charge in [-0.1, -0.05) is 26.0 Å². The van der Waals surface area contributed by atoms with Crippen LogP contribution >= 0.6 is 11.8 Å². The van der Waals surface area contributed by atoms with Gasteiger partial charge in [0.2, 0.25) is 0 Å². The summed E-state index contributed by atoms with van der Waals surface area (Å²) in [5.41, 5.74) is 2.01. The van der Waals surface area contributed by atoms with Gasteiger partial charge < -0.3 is 5.32 Å². The van der Waals surface area contributed by atoms with Crippen LogP contribution in [0.25, 0.3) is 0 Å². The van der Waals surface area contributed by atoms with Crippen molar-refractivity contribution in [2.24, 2.45) is 5.92 Å². The zero-order chi connectivity index (χ0) is 14.4. The van der Waals surface area contributed by atoms with Gasteiger partial charge in [0.25, 0.3) is 0 Å². The second kappa shape index (κ2) is 8.01. The van der Waals surface area contributed by atoms with Crippen molar-refractivity contribution < 1.29 is 4.39 Å². The second-order valence-electron chi connectivity index (χ2n) is 5.84. The summed E-state index contributed by atoms with van der Waals surface area (Å²) in [7, 11) is 0.